The molecule has 2 aromatic rings. The Labute approximate surface area is 183 Å². The molecule has 31 heavy (non-hydrogen) atoms. The van der Waals surface area contributed by atoms with E-state index in [0.29, 0.717) is 30.7 Å². The molecule has 1 aromatic heterocycles. The van der Waals surface area contributed by atoms with Crippen molar-refractivity contribution >= 4 is 5.91 Å². The van der Waals surface area contributed by atoms with E-state index in [1.807, 2.05) is 17.0 Å². The molecule has 6 nitrogen and oxygen atoms in total. The summed E-state index contributed by atoms with van der Waals surface area (Å²) in [6.07, 6.45) is 5.36. The van der Waals surface area contributed by atoms with Crippen LogP contribution in [0.15, 0.2) is 28.7 Å². The fourth-order valence-electron chi connectivity index (χ4n) is 4.71. The first kappa shape index (κ1) is 21.9. The average molecular weight is 429 g/mol. The summed E-state index contributed by atoms with van der Waals surface area (Å²) in [6, 6.07) is 6.88. The third-order valence-corrected chi connectivity index (χ3v) is 6.44. The van der Waals surface area contributed by atoms with Gasteiger partial charge in [-0.2, -0.15) is 0 Å². The molecule has 7 heteroatoms. The quantitative estimate of drug-likeness (QED) is 0.668. The standard InChI is InChI=1S/C24H33FN4O2/c1-17(2)15-22(30)29-12-6-5-9-21(29)24-27-26-23(31-24)18-10-13-28(14-11-18)16-19-7-3-4-8-20(19)25/h3-4,7-8,17-18,21H,5-6,9-16H2,1-2H3. The molecule has 168 valence electrons. The Hall–Kier alpha value is -2.28. The summed E-state index contributed by atoms with van der Waals surface area (Å²) in [7, 11) is 0. The van der Waals surface area contributed by atoms with E-state index in [1.165, 1.54) is 6.07 Å². The lowest BCUT2D eigenvalue weighted by Gasteiger charge is -2.34. The van der Waals surface area contributed by atoms with E-state index in [9.17, 15) is 9.18 Å². The summed E-state index contributed by atoms with van der Waals surface area (Å²) in [6.45, 7) is 7.28. The largest absolute Gasteiger partial charge is 0.423 e. The van der Waals surface area contributed by atoms with Crippen molar-refractivity contribution in [1.29, 1.82) is 0 Å². The van der Waals surface area contributed by atoms with Gasteiger partial charge in [0.05, 0.1) is 0 Å². The maximum Gasteiger partial charge on any atom is 0.238 e. The molecule has 0 N–H and O–H groups in total. The SMILES string of the molecule is CC(C)CC(=O)N1CCCCC1c1nnc(C2CCN(Cc3ccccc3F)CC2)o1. The van der Waals surface area contributed by atoms with E-state index in [2.05, 4.69) is 28.9 Å². The molecule has 0 spiro atoms. The second kappa shape index (κ2) is 9.90. The van der Waals surface area contributed by atoms with Crippen molar-refractivity contribution in [2.24, 2.45) is 5.92 Å². The molecular formula is C24H33FN4O2. The molecule has 2 aliphatic rings. The molecule has 0 aliphatic carbocycles. The van der Waals surface area contributed by atoms with Crippen molar-refractivity contribution in [2.75, 3.05) is 19.6 Å². The Bertz CT molecular complexity index is 876. The van der Waals surface area contributed by atoms with Gasteiger partial charge < -0.3 is 9.32 Å². The van der Waals surface area contributed by atoms with E-state index in [1.54, 1.807) is 6.07 Å². The number of hydrogen-bond acceptors (Lipinski definition) is 5. The van der Waals surface area contributed by atoms with Crippen LogP contribution in [0.5, 0.6) is 0 Å². The first-order chi connectivity index (χ1) is 15.0. The van der Waals surface area contributed by atoms with Crippen LogP contribution in [-0.4, -0.2) is 45.5 Å². The fraction of sp³-hybridized carbons (Fsp3) is 0.625. The Morgan fingerprint density at radius 2 is 1.84 bits per heavy atom. The van der Waals surface area contributed by atoms with Crippen molar-refractivity contribution in [2.45, 2.75) is 70.9 Å². The number of rotatable bonds is 6. The number of amides is 1. The first-order valence-corrected chi connectivity index (χ1v) is 11.6. The Morgan fingerprint density at radius 3 is 2.58 bits per heavy atom. The number of likely N-dealkylation sites (tertiary alicyclic amines) is 2. The van der Waals surface area contributed by atoms with Crippen LogP contribution in [0.25, 0.3) is 0 Å². The topological polar surface area (TPSA) is 62.5 Å². The number of benzene rings is 1. The second-order valence-corrected chi connectivity index (χ2v) is 9.32. The van der Waals surface area contributed by atoms with Crippen LogP contribution >= 0.6 is 0 Å². The van der Waals surface area contributed by atoms with Crippen LogP contribution < -0.4 is 0 Å². The zero-order chi connectivity index (χ0) is 21.8. The van der Waals surface area contributed by atoms with Gasteiger partial charge in [-0.1, -0.05) is 32.0 Å². The van der Waals surface area contributed by atoms with Gasteiger partial charge in [0.1, 0.15) is 11.9 Å². The highest BCUT2D eigenvalue weighted by atomic mass is 19.1. The Balaban J connectivity index is 1.36. The molecule has 2 fully saturated rings. The van der Waals surface area contributed by atoms with Crippen LogP contribution in [0.4, 0.5) is 4.39 Å². The third kappa shape index (κ3) is 5.32. The number of hydrogen-bond donors (Lipinski definition) is 0. The van der Waals surface area contributed by atoms with Gasteiger partial charge >= 0.3 is 0 Å². The predicted molar refractivity (Wildman–Crippen MR) is 116 cm³/mol. The van der Waals surface area contributed by atoms with E-state index < -0.39 is 0 Å². The molecule has 3 heterocycles. The summed E-state index contributed by atoms with van der Waals surface area (Å²) < 4.78 is 20.1. The molecule has 2 saturated heterocycles. The second-order valence-electron chi connectivity index (χ2n) is 9.32. The minimum Gasteiger partial charge on any atom is -0.423 e. The van der Waals surface area contributed by atoms with E-state index >= 15 is 0 Å². The van der Waals surface area contributed by atoms with Crippen molar-refractivity contribution in [1.82, 2.24) is 20.0 Å². The van der Waals surface area contributed by atoms with Gasteiger partial charge in [0.15, 0.2) is 0 Å². The number of carbonyl (C=O) groups is 1. The van der Waals surface area contributed by atoms with E-state index in [0.717, 1.165) is 57.3 Å². The average Bonchev–Trinajstić information content (AvgIpc) is 3.25. The normalized spacial score (nSPS) is 21.0. The van der Waals surface area contributed by atoms with Crippen molar-refractivity contribution in [3.8, 4) is 0 Å². The predicted octanol–water partition coefficient (Wildman–Crippen LogP) is 4.69. The number of carbonyl (C=O) groups excluding carboxylic acids is 1. The molecule has 1 atom stereocenters. The highest BCUT2D eigenvalue weighted by Gasteiger charge is 2.33. The Morgan fingerprint density at radius 1 is 1.10 bits per heavy atom. The van der Waals surface area contributed by atoms with Gasteiger partial charge in [0.2, 0.25) is 17.7 Å². The van der Waals surface area contributed by atoms with Gasteiger partial charge in [-0.25, -0.2) is 4.39 Å². The van der Waals surface area contributed by atoms with Crippen LogP contribution in [0.2, 0.25) is 0 Å². The molecule has 2 aliphatic heterocycles. The third-order valence-electron chi connectivity index (χ3n) is 6.44. The van der Waals surface area contributed by atoms with Gasteiger partial charge in [-0.05, 0) is 57.2 Å². The zero-order valence-electron chi connectivity index (χ0n) is 18.6. The summed E-state index contributed by atoms with van der Waals surface area (Å²) in [5, 5.41) is 8.71. The van der Waals surface area contributed by atoms with Gasteiger partial charge in [-0.3, -0.25) is 9.69 Å². The van der Waals surface area contributed by atoms with Crippen molar-refractivity contribution in [3.63, 3.8) is 0 Å². The zero-order valence-corrected chi connectivity index (χ0v) is 18.6. The smallest absolute Gasteiger partial charge is 0.238 e. The summed E-state index contributed by atoms with van der Waals surface area (Å²) in [5.74, 6) is 1.86. The fourth-order valence-corrected chi connectivity index (χ4v) is 4.71. The van der Waals surface area contributed by atoms with Gasteiger partial charge in [0.25, 0.3) is 0 Å². The highest BCUT2D eigenvalue weighted by Crippen LogP contribution is 2.34. The van der Waals surface area contributed by atoms with Crippen molar-refractivity contribution in [3.05, 3.63) is 47.4 Å². The van der Waals surface area contributed by atoms with Gasteiger partial charge in [-0.15, -0.1) is 10.2 Å². The number of nitrogens with zero attached hydrogens (tertiary/aromatic N) is 4. The molecular weight excluding hydrogens is 395 g/mol. The van der Waals surface area contributed by atoms with E-state index in [-0.39, 0.29) is 23.7 Å². The lowest BCUT2D eigenvalue weighted by Crippen LogP contribution is -2.39. The molecule has 0 radical (unpaired) electrons. The molecule has 0 bridgehead atoms. The molecule has 1 unspecified atom stereocenters. The lowest BCUT2D eigenvalue weighted by atomic mass is 9.96. The minimum atomic E-state index is -0.143. The lowest BCUT2D eigenvalue weighted by molar-refractivity contribution is -0.136. The Kier molecular flexibility index (Phi) is 7.00. The summed E-state index contributed by atoms with van der Waals surface area (Å²) >= 11 is 0. The first-order valence-electron chi connectivity index (χ1n) is 11.6. The summed E-state index contributed by atoms with van der Waals surface area (Å²) in [5.41, 5.74) is 0.740. The highest BCUT2D eigenvalue weighted by molar-refractivity contribution is 5.76. The maximum absolute atomic E-state index is 13.9. The minimum absolute atomic E-state index is 0.0950. The molecule has 1 aromatic carbocycles. The van der Waals surface area contributed by atoms with Crippen LogP contribution in [0.3, 0.4) is 0 Å². The van der Waals surface area contributed by atoms with E-state index in [4.69, 9.17) is 4.42 Å². The van der Waals surface area contributed by atoms with Gasteiger partial charge in [0, 0.05) is 31.0 Å². The number of aromatic nitrogens is 2. The molecule has 1 amide bonds. The number of halogens is 1. The van der Waals surface area contributed by atoms with Crippen molar-refractivity contribution < 1.29 is 13.6 Å². The van der Waals surface area contributed by atoms with Crippen LogP contribution in [0, 0.1) is 11.7 Å². The summed E-state index contributed by atoms with van der Waals surface area (Å²) in [4.78, 5) is 16.9. The monoisotopic (exact) mass is 428 g/mol. The maximum atomic E-state index is 13.9. The van der Waals surface area contributed by atoms with Crippen LogP contribution in [-0.2, 0) is 11.3 Å². The van der Waals surface area contributed by atoms with Crippen LogP contribution in [0.1, 0.15) is 81.7 Å². The molecule has 4 rings (SSSR count). The number of piperidine rings is 2. The molecule has 0 saturated carbocycles.